The molecule has 0 saturated carbocycles. The van der Waals surface area contributed by atoms with Crippen LogP contribution in [0.25, 0.3) is 0 Å². The second-order valence-electron chi connectivity index (χ2n) is 5.47. The van der Waals surface area contributed by atoms with Crippen LogP contribution in [0.3, 0.4) is 0 Å². The van der Waals surface area contributed by atoms with Crippen LogP contribution in [-0.2, 0) is 4.79 Å². The Morgan fingerprint density at radius 3 is 2.52 bits per heavy atom. The Labute approximate surface area is 134 Å². The molecular formula is C18H19FN2O2. The van der Waals surface area contributed by atoms with E-state index in [-0.39, 0.29) is 23.4 Å². The third-order valence-corrected chi connectivity index (χ3v) is 3.49. The van der Waals surface area contributed by atoms with Crippen LogP contribution in [0.15, 0.2) is 42.5 Å². The fourth-order valence-corrected chi connectivity index (χ4v) is 2.19. The second kappa shape index (κ2) is 7.05. The summed E-state index contributed by atoms with van der Waals surface area (Å²) in [7, 11) is 0. The fourth-order valence-electron chi connectivity index (χ4n) is 2.19. The van der Waals surface area contributed by atoms with E-state index in [0.717, 1.165) is 5.56 Å². The van der Waals surface area contributed by atoms with Crippen LogP contribution in [0.4, 0.5) is 10.1 Å². The molecule has 23 heavy (non-hydrogen) atoms. The number of halogens is 1. The lowest BCUT2D eigenvalue weighted by molar-refractivity contribution is -0.114. The summed E-state index contributed by atoms with van der Waals surface area (Å²) in [6.07, 6.45) is 0. The minimum Gasteiger partial charge on any atom is -0.346 e. The van der Waals surface area contributed by atoms with Crippen molar-refractivity contribution in [1.82, 2.24) is 5.32 Å². The molecule has 5 heteroatoms. The third kappa shape index (κ3) is 4.39. The lowest BCUT2D eigenvalue weighted by atomic mass is 10.1. The number of rotatable bonds is 4. The summed E-state index contributed by atoms with van der Waals surface area (Å²) in [6.45, 7) is 4.91. The largest absolute Gasteiger partial charge is 0.346 e. The second-order valence-corrected chi connectivity index (χ2v) is 5.47. The zero-order valence-corrected chi connectivity index (χ0v) is 13.3. The highest BCUT2D eigenvalue weighted by Crippen LogP contribution is 2.18. The third-order valence-electron chi connectivity index (χ3n) is 3.49. The molecule has 0 aromatic heterocycles. The van der Waals surface area contributed by atoms with Crippen molar-refractivity contribution in [2.24, 2.45) is 0 Å². The molecule has 2 rings (SSSR count). The molecule has 2 aromatic carbocycles. The van der Waals surface area contributed by atoms with Gasteiger partial charge < -0.3 is 10.6 Å². The van der Waals surface area contributed by atoms with Crippen molar-refractivity contribution in [3.05, 3.63) is 65.0 Å². The number of carbonyl (C=O) groups excluding carboxylic acids is 2. The lowest BCUT2D eigenvalue weighted by Gasteiger charge is -2.16. The molecule has 120 valence electrons. The Kier molecular flexibility index (Phi) is 5.11. The van der Waals surface area contributed by atoms with Crippen LogP contribution in [0, 0.1) is 12.7 Å². The van der Waals surface area contributed by atoms with Crippen molar-refractivity contribution in [3.8, 4) is 0 Å². The zero-order valence-electron chi connectivity index (χ0n) is 13.3. The predicted octanol–water partition coefficient (Wildman–Crippen LogP) is 3.58. The van der Waals surface area contributed by atoms with Gasteiger partial charge in [-0.05, 0) is 49.2 Å². The predicted molar refractivity (Wildman–Crippen MR) is 87.8 cm³/mol. The average Bonchev–Trinajstić information content (AvgIpc) is 2.49. The minimum atomic E-state index is -0.405. The van der Waals surface area contributed by atoms with Crippen molar-refractivity contribution in [3.63, 3.8) is 0 Å². The van der Waals surface area contributed by atoms with Crippen LogP contribution < -0.4 is 10.6 Å². The van der Waals surface area contributed by atoms with Crippen LogP contribution in [-0.4, -0.2) is 11.8 Å². The zero-order chi connectivity index (χ0) is 17.0. The van der Waals surface area contributed by atoms with Gasteiger partial charge >= 0.3 is 0 Å². The quantitative estimate of drug-likeness (QED) is 0.906. The van der Waals surface area contributed by atoms with E-state index in [2.05, 4.69) is 10.6 Å². The monoisotopic (exact) mass is 314 g/mol. The van der Waals surface area contributed by atoms with E-state index < -0.39 is 5.82 Å². The molecule has 2 amide bonds. The van der Waals surface area contributed by atoms with Gasteiger partial charge in [0.05, 0.1) is 6.04 Å². The molecule has 2 N–H and O–H groups in total. The Morgan fingerprint density at radius 1 is 1.13 bits per heavy atom. The van der Waals surface area contributed by atoms with Crippen molar-refractivity contribution in [2.75, 3.05) is 5.32 Å². The summed E-state index contributed by atoms with van der Waals surface area (Å²) in [6, 6.07) is 11.3. The summed E-state index contributed by atoms with van der Waals surface area (Å²) < 4.78 is 13.6. The van der Waals surface area contributed by atoms with Crippen molar-refractivity contribution in [2.45, 2.75) is 26.8 Å². The van der Waals surface area contributed by atoms with Crippen LogP contribution in [0.2, 0.25) is 0 Å². The van der Waals surface area contributed by atoms with Gasteiger partial charge in [0.1, 0.15) is 5.82 Å². The van der Waals surface area contributed by atoms with E-state index in [4.69, 9.17) is 0 Å². The first-order valence-corrected chi connectivity index (χ1v) is 7.31. The maximum atomic E-state index is 13.6. The van der Waals surface area contributed by atoms with Gasteiger partial charge in [-0.25, -0.2) is 4.39 Å². The van der Waals surface area contributed by atoms with Gasteiger partial charge in [0.2, 0.25) is 5.91 Å². The maximum absolute atomic E-state index is 13.6. The molecule has 2 aromatic rings. The van der Waals surface area contributed by atoms with Gasteiger partial charge in [-0.2, -0.15) is 0 Å². The SMILES string of the molecule is CC(=O)Nc1cccc(C(C)NC(=O)c2ccc(C)c(F)c2)c1. The maximum Gasteiger partial charge on any atom is 0.251 e. The Hall–Kier alpha value is -2.69. The topological polar surface area (TPSA) is 58.2 Å². The Balaban J connectivity index is 2.11. The van der Waals surface area contributed by atoms with Gasteiger partial charge in [-0.1, -0.05) is 18.2 Å². The summed E-state index contributed by atoms with van der Waals surface area (Å²) in [5.41, 5.74) is 2.28. The van der Waals surface area contributed by atoms with Crippen molar-refractivity contribution >= 4 is 17.5 Å². The van der Waals surface area contributed by atoms with Gasteiger partial charge in [-0.15, -0.1) is 0 Å². The van der Waals surface area contributed by atoms with E-state index in [0.29, 0.717) is 11.3 Å². The number of anilines is 1. The number of hydrogen-bond acceptors (Lipinski definition) is 2. The molecule has 0 fully saturated rings. The normalized spacial score (nSPS) is 11.7. The number of benzene rings is 2. The van der Waals surface area contributed by atoms with Crippen LogP contribution in [0.1, 0.15) is 41.4 Å². The van der Waals surface area contributed by atoms with E-state index in [9.17, 15) is 14.0 Å². The molecular weight excluding hydrogens is 295 g/mol. The fraction of sp³-hybridized carbons (Fsp3) is 0.222. The van der Waals surface area contributed by atoms with Crippen molar-refractivity contribution in [1.29, 1.82) is 0 Å². The highest BCUT2D eigenvalue weighted by molar-refractivity contribution is 5.94. The first-order chi connectivity index (χ1) is 10.9. The molecule has 4 nitrogen and oxygen atoms in total. The van der Waals surface area contributed by atoms with E-state index in [1.807, 2.05) is 13.0 Å². The molecule has 0 bridgehead atoms. The number of nitrogens with one attached hydrogen (secondary N) is 2. The number of carbonyl (C=O) groups is 2. The molecule has 0 aliphatic carbocycles. The van der Waals surface area contributed by atoms with Crippen LogP contribution >= 0.6 is 0 Å². The first kappa shape index (κ1) is 16.7. The number of hydrogen-bond donors (Lipinski definition) is 2. The van der Waals surface area contributed by atoms with Gasteiger partial charge in [0.25, 0.3) is 5.91 Å². The van der Waals surface area contributed by atoms with Gasteiger partial charge in [0.15, 0.2) is 0 Å². The Morgan fingerprint density at radius 2 is 1.87 bits per heavy atom. The first-order valence-electron chi connectivity index (χ1n) is 7.31. The average molecular weight is 314 g/mol. The smallest absolute Gasteiger partial charge is 0.251 e. The lowest BCUT2D eigenvalue weighted by Crippen LogP contribution is -2.26. The number of amides is 2. The molecule has 0 radical (unpaired) electrons. The Bertz CT molecular complexity index is 744. The molecule has 0 spiro atoms. The molecule has 0 heterocycles. The minimum absolute atomic E-state index is 0.158. The summed E-state index contributed by atoms with van der Waals surface area (Å²) in [4.78, 5) is 23.3. The molecule has 0 aliphatic rings. The molecule has 1 unspecified atom stereocenters. The van der Waals surface area contributed by atoms with E-state index in [1.54, 1.807) is 37.3 Å². The van der Waals surface area contributed by atoms with Crippen LogP contribution in [0.5, 0.6) is 0 Å². The van der Waals surface area contributed by atoms with Crippen molar-refractivity contribution < 1.29 is 14.0 Å². The van der Waals surface area contributed by atoms with Gasteiger partial charge in [-0.3, -0.25) is 9.59 Å². The molecule has 0 saturated heterocycles. The summed E-state index contributed by atoms with van der Waals surface area (Å²) in [5, 5.41) is 5.52. The summed E-state index contributed by atoms with van der Waals surface area (Å²) >= 11 is 0. The highest BCUT2D eigenvalue weighted by Gasteiger charge is 2.13. The highest BCUT2D eigenvalue weighted by atomic mass is 19.1. The number of aryl methyl sites for hydroxylation is 1. The standard InChI is InChI=1S/C18H19FN2O2/c1-11-7-8-15(10-17(11)19)18(23)20-12(2)14-5-4-6-16(9-14)21-13(3)22/h4-10,12H,1-3H3,(H,20,23)(H,21,22). The summed E-state index contributed by atoms with van der Waals surface area (Å²) in [5.74, 6) is -0.909. The van der Waals surface area contributed by atoms with E-state index >= 15 is 0 Å². The molecule has 0 aliphatic heterocycles. The van der Waals surface area contributed by atoms with E-state index in [1.165, 1.54) is 13.0 Å². The van der Waals surface area contributed by atoms with Gasteiger partial charge in [0, 0.05) is 18.2 Å². The molecule has 1 atom stereocenters.